The first-order valence-corrected chi connectivity index (χ1v) is 6.47. The molecule has 0 aromatic heterocycles. The highest BCUT2D eigenvalue weighted by Gasteiger charge is 2.21. The number of carboxylic acid groups (broad SMARTS) is 1. The van der Waals surface area contributed by atoms with E-state index in [0.29, 0.717) is 0 Å². The largest absolute Gasteiger partial charge is 0.481 e. The number of amides is 1. The molecule has 0 radical (unpaired) electrons. The lowest BCUT2D eigenvalue weighted by Gasteiger charge is -2.15. The van der Waals surface area contributed by atoms with Gasteiger partial charge in [0.25, 0.3) is 0 Å². The SMILES string of the molecule is CCOC(=O)NS(=O)(=O)NC(CC)CC(=O)O. The van der Waals surface area contributed by atoms with Crippen molar-refractivity contribution in [3.8, 4) is 0 Å². The fraction of sp³-hybridized carbons (Fsp3) is 0.750. The molecule has 0 aliphatic rings. The summed E-state index contributed by atoms with van der Waals surface area (Å²) in [6, 6.07) is -0.778. The summed E-state index contributed by atoms with van der Waals surface area (Å²) in [6.07, 6.45) is -1.18. The lowest BCUT2D eigenvalue weighted by atomic mass is 10.2. The van der Waals surface area contributed by atoms with E-state index in [1.54, 1.807) is 11.6 Å². The number of ether oxygens (including phenoxy) is 1. The molecule has 8 nitrogen and oxygen atoms in total. The minimum atomic E-state index is -4.10. The Hall–Kier alpha value is -1.35. The molecule has 1 amide bonds. The van der Waals surface area contributed by atoms with E-state index in [9.17, 15) is 18.0 Å². The van der Waals surface area contributed by atoms with Crippen molar-refractivity contribution in [2.45, 2.75) is 32.7 Å². The van der Waals surface area contributed by atoms with Crippen molar-refractivity contribution in [3.05, 3.63) is 0 Å². The zero-order valence-electron chi connectivity index (χ0n) is 9.60. The quantitative estimate of drug-likeness (QED) is 0.588. The molecule has 0 saturated carbocycles. The molecule has 0 aliphatic carbocycles. The van der Waals surface area contributed by atoms with E-state index in [4.69, 9.17) is 5.11 Å². The number of carboxylic acids is 1. The predicted molar refractivity (Wildman–Crippen MR) is 58.5 cm³/mol. The molecule has 0 bridgehead atoms. The third-order valence-electron chi connectivity index (χ3n) is 1.73. The highest BCUT2D eigenvalue weighted by Crippen LogP contribution is 1.99. The fourth-order valence-corrected chi connectivity index (χ4v) is 2.03. The molecule has 0 saturated heterocycles. The summed E-state index contributed by atoms with van der Waals surface area (Å²) in [5.41, 5.74) is 0. The first-order chi connectivity index (χ1) is 7.80. The van der Waals surface area contributed by atoms with Crippen LogP contribution < -0.4 is 9.44 Å². The summed E-state index contributed by atoms with van der Waals surface area (Å²) in [5.74, 6) is -1.13. The zero-order valence-corrected chi connectivity index (χ0v) is 10.4. The van der Waals surface area contributed by atoms with Crippen molar-refractivity contribution in [2.24, 2.45) is 0 Å². The number of hydrogen-bond acceptors (Lipinski definition) is 5. The van der Waals surface area contributed by atoms with Crippen molar-refractivity contribution < 1.29 is 27.9 Å². The van der Waals surface area contributed by atoms with E-state index in [-0.39, 0.29) is 19.4 Å². The van der Waals surface area contributed by atoms with Gasteiger partial charge in [0.2, 0.25) is 0 Å². The van der Waals surface area contributed by atoms with Gasteiger partial charge in [-0.05, 0) is 13.3 Å². The molecule has 9 heteroatoms. The van der Waals surface area contributed by atoms with Crippen molar-refractivity contribution in [1.29, 1.82) is 0 Å². The van der Waals surface area contributed by atoms with E-state index in [2.05, 4.69) is 4.74 Å². The number of rotatable bonds is 7. The molecule has 1 atom stereocenters. The van der Waals surface area contributed by atoms with Crippen molar-refractivity contribution in [1.82, 2.24) is 9.44 Å². The molecular weight excluding hydrogens is 252 g/mol. The highest BCUT2D eigenvalue weighted by molar-refractivity contribution is 7.88. The van der Waals surface area contributed by atoms with Crippen LogP contribution in [0, 0.1) is 0 Å². The lowest BCUT2D eigenvalue weighted by Crippen LogP contribution is -2.45. The first-order valence-electron chi connectivity index (χ1n) is 4.99. The molecule has 100 valence electrons. The number of carbonyl (C=O) groups is 2. The topological polar surface area (TPSA) is 122 Å². The second kappa shape index (κ2) is 7.07. The average Bonchev–Trinajstić information content (AvgIpc) is 2.14. The van der Waals surface area contributed by atoms with Crippen LogP contribution in [0.3, 0.4) is 0 Å². The predicted octanol–water partition coefficient (Wildman–Crippen LogP) is -0.180. The van der Waals surface area contributed by atoms with Crippen LogP contribution in [0.5, 0.6) is 0 Å². The molecule has 0 rings (SSSR count). The molecule has 0 fully saturated rings. The Morgan fingerprint density at radius 2 is 1.94 bits per heavy atom. The monoisotopic (exact) mass is 268 g/mol. The van der Waals surface area contributed by atoms with E-state index in [0.717, 1.165) is 0 Å². The van der Waals surface area contributed by atoms with Crippen LogP contribution in [0.2, 0.25) is 0 Å². The lowest BCUT2D eigenvalue weighted by molar-refractivity contribution is -0.137. The maximum absolute atomic E-state index is 11.4. The van der Waals surface area contributed by atoms with Gasteiger partial charge in [0.15, 0.2) is 0 Å². The standard InChI is InChI=1S/C8H16N2O6S/c1-3-6(5-7(11)12)9-17(14,15)10-8(13)16-4-2/h6,9H,3-5H2,1-2H3,(H,10,13)(H,11,12). The number of nitrogens with one attached hydrogen (secondary N) is 2. The average molecular weight is 268 g/mol. The molecule has 0 spiro atoms. The van der Waals surface area contributed by atoms with Crippen LogP contribution in [-0.4, -0.2) is 38.2 Å². The van der Waals surface area contributed by atoms with Gasteiger partial charge in [-0.3, -0.25) is 4.79 Å². The molecule has 0 aromatic carbocycles. The summed E-state index contributed by atoms with van der Waals surface area (Å²) in [5, 5.41) is 8.53. The molecule has 0 aliphatic heterocycles. The minimum absolute atomic E-state index is 0.0354. The molecule has 1 unspecified atom stereocenters. The van der Waals surface area contributed by atoms with Crippen molar-refractivity contribution >= 4 is 22.3 Å². The minimum Gasteiger partial charge on any atom is -0.481 e. The normalized spacial score (nSPS) is 12.8. The van der Waals surface area contributed by atoms with Gasteiger partial charge >= 0.3 is 22.3 Å². The summed E-state index contributed by atoms with van der Waals surface area (Å²) >= 11 is 0. The number of hydrogen-bond donors (Lipinski definition) is 3. The highest BCUT2D eigenvalue weighted by atomic mass is 32.2. The van der Waals surface area contributed by atoms with E-state index in [1.807, 2.05) is 4.72 Å². The second-order valence-electron chi connectivity index (χ2n) is 3.15. The maximum Gasteiger partial charge on any atom is 0.421 e. The fourth-order valence-electron chi connectivity index (χ4n) is 0.999. The van der Waals surface area contributed by atoms with Gasteiger partial charge in [0.1, 0.15) is 0 Å². The van der Waals surface area contributed by atoms with Crippen molar-refractivity contribution in [3.63, 3.8) is 0 Å². The zero-order chi connectivity index (χ0) is 13.5. The van der Waals surface area contributed by atoms with Gasteiger partial charge in [-0.2, -0.15) is 13.1 Å². The van der Waals surface area contributed by atoms with E-state index < -0.39 is 28.3 Å². The Labute approximate surface area is 99.5 Å². The first kappa shape index (κ1) is 15.7. The molecule has 17 heavy (non-hydrogen) atoms. The van der Waals surface area contributed by atoms with Gasteiger partial charge in [-0.25, -0.2) is 9.52 Å². The molecule has 3 N–H and O–H groups in total. The van der Waals surface area contributed by atoms with Gasteiger partial charge in [-0.1, -0.05) is 6.92 Å². The third-order valence-corrected chi connectivity index (χ3v) is 2.81. The maximum atomic E-state index is 11.4. The van der Waals surface area contributed by atoms with Crippen LogP contribution in [0.4, 0.5) is 4.79 Å². The van der Waals surface area contributed by atoms with Crippen LogP contribution in [0.15, 0.2) is 0 Å². The van der Waals surface area contributed by atoms with Gasteiger partial charge in [-0.15, -0.1) is 0 Å². The van der Waals surface area contributed by atoms with Crippen LogP contribution in [-0.2, 0) is 19.7 Å². The summed E-state index contributed by atoms with van der Waals surface area (Å²) < 4.78 is 30.7. The Morgan fingerprint density at radius 1 is 1.35 bits per heavy atom. The Bertz CT molecular complexity index is 366. The van der Waals surface area contributed by atoms with Gasteiger partial charge in [0.05, 0.1) is 13.0 Å². The summed E-state index contributed by atoms with van der Waals surface area (Å²) in [4.78, 5) is 21.3. The van der Waals surface area contributed by atoms with Crippen molar-refractivity contribution in [2.75, 3.05) is 6.61 Å². The second-order valence-corrected chi connectivity index (χ2v) is 4.59. The van der Waals surface area contributed by atoms with Gasteiger partial charge in [0, 0.05) is 6.04 Å². The summed E-state index contributed by atoms with van der Waals surface area (Å²) in [7, 11) is -4.10. The van der Waals surface area contributed by atoms with Gasteiger partial charge < -0.3 is 9.84 Å². The Kier molecular flexibility index (Phi) is 6.51. The molecular formula is C8H16N2O6S. The Balaban J connectivity index is 4.41. The van der Waals surface area contributed by atoms with E-state index >= 15 is 0 Å². The summed E-state index contributed by atoms with van der Waals surface area (Å²) in [6.45, 7) is 3.19. The molecule has 0 heterocycles. The van der Waals surface area contributed by atoms with E-state index in [1.165, 1.54) is 6.92 Å². The Morgan fingerprint density at radius 3 is 2.35 bits per heavy atom. The van der Waals surface area contributed by atoms with Crippen LogP contribution >= 0.6 is 0 Å². The third kappa shape index (κ3) is 7.53. The number of carbonyl (C=O) groups excluding carboxylic acids is 1. The van der Waals surface area contributed by atoms with Crippen LogP contribution in [0.1, 0.15) is 26.7 Å². The van der Waals surface area contributed by atoms with Crippen LogP contribution in [0.25, 0.3) is 0 Å². The smallest absolute Gasteiger partial charge is 0.421 e. The molecule has 0 aromatic rings. The number of aliphatic carboxylic acids is 1.